The summed E-state index contributed by atoms with van der Waals surface area (Å²) in [7, 11) is 0. The SMILES string of the molecule is O=[C]C[C@H](S)C(c1ccccc1)(c1ccccc1)c1ccncc1. The molecule has 24 heavy (non-hydrogen) atoms. The largest absolute Gasteiger partial charge is 0.291 e. The number of nitrogens with zero attached hydrogens (tertiary/aromatic N) is 1. The van der Waals surface area contributed by atoms with Gasteiger partial charge in [0, 0.05) is 24.1 Å². The van der Waals surface area contributed by atoms with Crippen molar-refractivity contribution in [2.24, 2.45) is 0 Å². The molecule has 1 aromatic heterocycles. The van der Waals surface area contributed by atoms with E-state index in [0.717, 1.165) is 16.7 Å². The Morgan fingerprint density at radius 2 is 1.29 bits per heavy atom. The molecule has 0 aliphatic rings. The number of hydrogen-bond donors (Lipinski definition) is 1. The van der Waals surface area contributed by atoms with Crippen molar-refractivity contribution in [3.05, 3.63) is 102 Å². The molecule has 3 heteroatoms. The first-order chi connectivity index (χ1) is 11.8. The Morgan fingerprint density at radius 3 is 1.75 bits per heavy atom. The molecule has 3 aromatic rings. The van der Waals surface area contributed by atoms with Gasteiger partial charge in [0.15, 0.2) is 6.29 Å². The van der Waals surface area contributed by atoms with Crippen molar-refractivity contribution >= 4 is 18.9 Å². The van der Waals surface area contributed by atoms with Crippen LogP contribution in [-0.4, -0.2) is 16.5 Å². The van der Waals surface area contributed by atoms with Crippen LogP contribution in [0.4, 0.5) is 0 Å². The maximum absolute atomic E-state index is 11.2. The Hall–Kier alpha value is -2.39. The smallest absolute Gasteiger partial charge is 0.199 e. The Balaban J connectivity index is 2.35. The van der Waals surface area contributed by atoms with Gasteiger partial charge >= 0.3 is 0 Å². The third-order valence-corrected chi connectivity index (χ3v) is 4.94. The summed E-state index contributed by atoms with van der Waals surface area (Å²) in [6.45, 7) is 0. The number of pyridine rings is 1. The number of carbonyl (C=O) groups excluding carboxylic acids is 1. The zero-order chi connectivity index (χ0) is 16.8. The van der Waals surface area contributed by atoms with Gasteiger partial charge in [-0.05, 0) is 28.8 Å². The van der Waals surface area contributed by atoms with Gasteiger partial charge in [-0.15, -0.1) is 0 Å². The van der Waals surface area contributed by atoms with Gasteiger partial charge in [-0.2, -0.15) is 12.6 Å². The summed E-state index contributed by atoms with van der Waals surface area (Å²) in [5, 5.41) is -0.248. The summed E-state index contributed by atoms with van der Waals surface area (Å²) in [6.07, 6.45) is 5.83. The molecule has 0 fully saturated rings. The first-order valence-electron chi connectivity index (χ1n) is 7.84. The van der Waals surface area contributed by atoms with Crippen LogP contribution in [0.25, 0.3) is 0 Å². The molecule has 1 heterocycles. The highest BCUT2D eigenvalue weighted by Crippen LogP contribution is 2.44. The zero-order valence-corrected chi connectivity index (χ0v) is 14.1. The fourth-order valence-electron chi connectivity index (χ4n) is 3.33. The van der Waals surface area contributed by atoms with E-state index in [-0.39, 0.29) is 11.7 Å². The fourth-order valence-corrected chi connectivity index (χ4v) is 3.85. The predicted octanol–water partition coefficient (Wildman–Crippen LogP) is 4.21. The molecule has 3 rings (SSSR count). The highest BCUT2D eigenvalue weighted by Gasteiger charge is 2.42. The van der Waals surface area contributed by atoms with Crippen LogP contribution in [0.5, 0.6) is 0 Å². The second-order valence-corrected chi connectivity index (χ2v) is 6.26. The molecule has 0 aliphatic heterocycles. The van der Waals surface area contributed by atoms with Gasteiger partial charge in [-0.3, -0.25) is 9.78 Å². The maximum atomic E-state index is 11.2. The molecule has 1 atom stereocenters. The first kappa shape index (κ1) is 16.5. The molecule has 0 bridgehead atoms. The van der Waals surface area contributed by atoms with E-state index in [1.807, 2.05) is 54.8 Å². The molecule has 0 saturated heterocycles. The van der Waals surface area contributed by atoms with E-state index in [2.05, 4.69) is 29.2 Å². The maximum Gasteiger partial charge on any atom is 0.199 e. The van der Waals surface area contributed by atoms with Gasteiger partial charge in [0.1, 0.15) is 0 Å². The van der Waals surface area contributed by atoms with Gasteiger partial charge in [-0.1, -0.05) is 60.7 Å². The van der Waals surface area contributed by atoms with E-state index < -0.39 is 5.41 Å². The lowest BCUT2D eigenvalue weighted by atomic mass is 9.66. The molecule has 2 nitrogen and oxygen atoms in total. The van der Waals surface area contributed by atoms with Crippen molar-refractivity contribution in [1.82, 2.24) is 4.98 Å². The van der Waals surface area contributed by atoms with E-state index in [0.29, 0.717) is 0 Å². The second-order valence-electron chi connectivity index (χ2n) is 5.64. The Morgan fingerprint density at radius 1 is 0.833 bits per heavy atom. The average molecular weight is 332 g/mol. The Bertz CT molecular complexity index is 678. The lowest BCUT2D eigenvalue weighted by Crippen LogP contribution is -2.39. The van der Waals surface area contributed by atoms with Crippen LogP contribution in [-0.2, 0) is 10.2 Å². The summed E-state index contributed by atoms with van der Waals surface area (Å²) in [6, 6.07) is 24.4. The van der Waals surface area contributed by atoms with Gasteiger partial charge in [0.05, 0.1) is 5.41 Å². The van der Waals surface area contributed by atoms with Crippen molar-refractivity contribution in [3.8, 4) is 0 Å². The van der Waals surface area contributed by atoms with Crippen LogP contribution < -0.4 is 0 Å². The molecule has 0 spiro atoms. The molecule has 0 N–H and O–H groups in total. The Kier molecular flexibility index (Phi) is 5.11. The molecule has 0 aliphatic carbocycles. The number of hydrogen-bond acceptors (Lipinski definition) is 3. The van der Waals surface area contributed by atoms with Crippen LogP contribution in [0, 0.1) is 0 Å². The summed E-state index contributed by atoms with van der Waals surface area (Å²) >= 11 is 4.84. The molecule has 2 aromatic carbocycles. The summed E-state index contributed by atoms with van der Waals surface area (Å²) < 4.78 is 0. The van der Waals surface area contributed by atoms with Crippen molar-refractivity contribution in [2.75, 3.05) is 0 Å². The number of benzene rings is 2. The molecule has 0 saturated carbocycles. The minimum Gasteiger partial charge on any atom is -0.291 e. The lowest BCUT2D eigenvalue weighted by Gasteiger charge is -2.40. The average Bonchev–Trinajstić information content (AvgIpc) is 2.65. The van der Waals surface area contributed by atoms with Crippen molar-refractivity contribution < 1.29 is 4.79 Å². The van der Waals surface area contributed by atoms with Gasteiger partial charge in [0.2, 0.25) is 0 Å². The quantitative estimate of drug-likeness (QED) is 0.685. The van der Waals surface area contributed by atoms with Crippen LogP contribution in [0.1, 0.15) is 23.1 Å². The highest BCUT2D eigenvalue weighted by molar-refractivity contribution is 7.81. The topological polar surface area (TPSA) is 30.0 Å². The monoisotopic (exact) mass is 332 g/mol. The van der Waals surface area contributed by atoms with Crippen LogP contribution in [0.3, 0.4) is 0 Å². The fraction of sp³-hybridized carbons (Fsp3) is 0.143. The summed E-state index contributed by atoms with van der Waals surface area (Å²) in [4.78, 5) is 15.3. The van der Waals surface area contributed by atoms with E-state index >= 15 is 0 Å². The van der Waals surface area contributed by atoms with Crippen molar-refractivity contribution in [3.63, 3.8) is 0 Å². The van der Waals surface area contributed by atoms with Gasteiger partial charge in [-0.25, -0.2) is 0 Å². The Labute approximate surface area is 148 Å². The zero-order valence-electron chi connectivity index (χ0n) is 13.2. The normalized spacial score (nSPS) is 12.5. The van der Waals surface area contributed by atoms with E-state index in [9.17, 15) is 4.79 Å². The molecule has 0 amide bonds. The van der Waals surface area contributed by atoms with Crippen LogP contribution in [0.15, 0.2) is 85.2 Å². The van der Waals surface area contributed by atoms with E-state index in [1.54, 1.807) is 12.4 Å². The van der Waals surface area contributed by atoms with Gasteiger partial charge < -0.3 is 0 Å². The molecule has 119 valence electrons. The van der Waals surface area contributed by atoms with Crippen LogP contribution in [0.2, 0.25) is 0 Å². The van der Waals surface area contributed by atoms with Crippen LogP contribution >= 0.6 is 12.6 Å². The van der Waals surface area contributed by atoms with Crippen molar-refractivity contribution in [2.45, 2.75) is 17.1 Å². The third-order valence-electron chi connectivity index (χ3n) is 4.37. The molecule has 1 radical (unpaired) electrons. The van der Waals surface area contributed by atoms with E-state index in [4.69, 9.17) is 12.6 Å². The highest BCUT2D eigenvalue weighted by atomic mass is 32.1. The number of rotatable bonds is 6. The summed E-state index contributed by atoms with van der Waals surface area (Å²) in [5.74, 6) is 0. The standard InChI is InChI=1S/C21H18NOS/c23-16-13-20(24)21(17-7-3-1-4-8-17,18-9-5-2-6-10-18)19-11-14-22-15-12-19/h1-12,14-15,20,24H,13H2/t20-/m0/s1. The number of thiol groups is 1. The molecular formula is C21H18NOS. The second kappa shape index (κ2) is 7.45. The third kappa shape index (κ3) is 2.87. The van der Waals surface area contributed by atoms with Gasteiger partial charge in [0.25, 0.3) is 0 Å². The van der Waals surface area contributed by atoms with E-state index in [1.165, 1.54) is 0 Å². The predicted molar refractivity (Wildman–Crippen MR) is 100 cm³/mol. The van der Waals surface area contributed by atoms with Crippen molar-refractivity contribution in [1.29, 1.82) is 0 Å². The lowest BCUT2D eigenvalue weighted by molar-refractivity contribution is 0.531. The molecule has 0 unspecified atom stereocenters. The first-order valence-corrected chi connectivity index (χ1v) is 8.36. The molecular weight excluding hydrogens is 314 g/mol. The minimum atomic E-state index is -0.550. The number of aromatic nitrogens is 1. The minimum absolute atomic E-state index is 0.231. The summed E-state index contributed by atoms with van der Waals surface area (Å²) in [5.41, 5.74) is 2.70.